The summed E-state index contributed by atoms with van der Waals surface area (Å²) < 4.78 is 0. The van der Waals surface area contributed by atoms with Crippen molar-refractivity contribution in [1.82, 2.24) is 15.2 Å². The summed E-state index contributed by atoms with van der Waals surface area (Å²) in [5.41, 5.74) is 1.26. The maximum Gasteiger partial charge on any atom is 0.503 e. The number of aromatic nitrogens is 1. The lowest BCUT2D eigenvalue weighted by atomic mass is 9.95. The van der Waals surface area contributed by atoms with E-state index >= 15 is 0 Å². The molecular weight excluding hydrogens is 431 g/mol. The number of rotatable bonds is 6. The van der Waals surface area contributed by atoms with E-state index in [1.165, 1.54) is 37.8 Å². The third-order valence-electron chi connectivity index (χ3n) is 5.25. The predicted molar refractivity (Wildman–Crippen MR) is 122 cm³/mol. The Morgan fingerprint density at radius 1 is 1.00 bits per heavy atom. The van der Waals surface area contributed by atoms with E-state index in [9.17, 15) is 4.79 Å². The molecule has 3 rings (SSSR count). The average Bonchev–Trinajstić information content (AvgIpc) is 2.69. The van der Waals surface area contributed by atoms with Crippen LogP contribution in [0.2, 0.25) is 0 Å². The molecule has 10 heteroatoms. The Hall–Kier alpha value is -1.77. The zero-order valence-corrected chi connectivity index (χ0v) is 18.9. The highest BCUT2D eigenvalue weighted by molar-refractivity contribution is 5.85. The third kappa shape index (κ3) is 11.4. The smallest absolute Gasteiger partial charge is 0.450 e. The largest absolute Gasteiger partial charge is 0.503 e. The molecule has 30 heavy (non-hydrogen) atoms. The van der Waals surface area contributed by atoms with Crippen molar-refractivity contribution in [3.63, 3.8) is 0 Å². The van der Waals surface area contributed by atoms with Crippen molar-refractivity contribution in [3.8, 4) is 0 Å². The molecule has 1 aromatic heterocycles. The Bertz CT molecular complexity index is 592. The molecule has 1 aliphatic heterocycles. The van der Waals surface area contributed by atoms with Crippen LogP contribution in [0.5, 0.6) is 0 Å². The summed E-state index contributed by atoms with van der Waals surface area (Å²) in [7, 11) is 0. The molecule has 1 saturated carbocycles. The number of pyridine rings is 1. The molecule has 1 aliphatic carbocycles. The summed E-state index contributed by atoms with van der Waals surface area (Å²) in [4.78, 5) is 29.6. The molecular formula is C20H34Cl2N4O4. The van der Waals surface area contributed by atoms with E-state index in [0.717, 1.165) is 39.1 Å². The lowest BCUT2D eigenvalue weighted by molar-refractivity contribution is -0.122. The predicted octanol–water partition coefficient (Wildman–Crippen LogP) is 3.50. The van der Waals surface area contributed by atoms with Gasteiger partial charge in [0.05, 0.1) is 0 Å². The number of nitrogens with one attached hydrogen (secondary N) is 1. The lowest BCUT2D eigenvalue weighted by Gasteiger charge is -2.36. The number of hydrogen-bond donors (Lipinski definition) is 3. The van der Waals surface area contributed by atoms with E-state index < -0.39 is 6.16 Å². The van der Waals surface area contributed by atoms with Crippen LogP contribution in [0.25, 0.3) is 0 Å². The zero-order valence-electron chi connectivity index (χ0n) is 17.2. The van der Waals surface area contributed by atoms with Gasteiger partial charge in [0.25, 0.3) is 0 Å². The number of amides is 1. The van der Waals surface area contributed by atoms with Crippen LogP contribution in [0, 0.1) is 0 Å². The van der Waals surface area contributed by atoms with Gasteiger partial charge in [0.1, 0.15) is 0 Å². The highest BCUT2D eigenvalue weighted by Crippen LogP contribution is 2.18. The van der Waals surface area contributed by atoms with Gasteiger partial charge in [-0.05, 0) is 37.9 Å². The highest BCUT2D eigenvalue weighted by Gasteiger charge is 2.18. The topological polar surface area (TPSA) is 106 Å². The van der Waals surface area contributed by atoms with Crippen LogP contribution in [0.1, 0.15) is 44.9 Å². The minimum Gasteiger partial charge on any atom is -0.450 e. The normalized spacial score (nSPS) is 16.9. The number of carbonyl (C=O) groups excluding carboxylic acids is 1. The Labute approximate surface area is 190 Å². The third-order valence-corrected chi connectivity index (χ3v) is 5.25. The molecule has 1 amide bonds. The molecule has 0 bridgehead atoms. The van der Waals surface area contributed by atoms with Gasteiger partial charge in [-0.3, -0.25) is 14.7 Å². The van der Waals surface area contributed by atoms with Crippen molar-refractivity contribution >= 4 is 42.6 Å². The maximum absolute atomic E-state index is 12.0. The van der Waals surface area contributed by atoms with E-state index in [2.05, 4.69) is 32.2 Å². The van der Waals surface area contributed by atoms with Crippen molar-refractivity contribution in [3.05, 3.63) is 24.5 Å². The first-order valence-corrected chi connectivity index (χ1v) is 10.1. The highest BCUT2D eigenvalue weighted by atomic mass is 35.5. The summed E-state index contributed by atoms with van der Waals surface area (Å²) in [6.07, 6.45) is 9.72. The molecule has 1 aromatic rings. The summed E-state index contributed by atoms with van der Waals surface area (Å²) in [6, 6.07) is 4.59. The van der Waals surface area contributed by atoms with Crippen molar-refractivity contribution < 1.29 is 19.8 Å². The van der Waals surface area contributed by atoms with Gasteiger partial charge in [-0.15, -0.1) is 24.8 Å². The van der Waals surface area contributed by atoms with E-state index in [1.807, 2.05) is 12.4 Å². The van der Waals surface area contributed by atoms with Crippen LogP contribution < -0.4 is 10.2 Å². The first-order valence-electron chi connectivity index (χ1n) is 10.1. The molecule has 0 unspecified atom stereocenters. The summed E-state index contributed by atoms with van der Waals surface area (Å²) in [5, 5.41) is 17.2. The van der Waals surface area contributed by atoms with Crippen molar-refractivity contribution in [2.75, 3.05) is 37.6 Å². The summed E-state index contributed by atoms with van der Waals surface area (Å²) in [6.45, 7) is 5.29. The van der Waals surface area contributed by atoms with E-state index in [1.54, 1.807) is 0 Å². The first-order chi connectivity index (χ1) is 13.5. The zero-order chi connectivity index (χ0) is 20.2. The molecule has 3 N–H and O–H groups in total. The SMILES string of the molecule is Cl.Cl.O=C(CCCN1CCN(c2ccncc2)CC1)NC1CCCCC1.O=C(O)O. The molecule has 172 valence electrons. The van der Waals surface area contributed by atoms with Crippen LogP contribution >= 0.6 is 24.8 Å². The van der Waals surface area contributed by atoms with Crippen molar-refractivity contribution in [2.45, 2.75) is 51.0 Å². The summed E-state index contributed by atoms with van der Waals surface area (Å²) in [5.74, 6) is 0.248. The van der Waals surface area contributed by atoms with Crippen molar-refractivity contribution in [2.24, 2.45) is 0 Å². The van der Waals surface area contributed by atoms with E-state index in [4.69, 9.17) is 15.0 Å². The monoisotopic (exact) mass is 464 g/mol. The standard InChI is InChI=1S/C19H30N4O.CH2O3.2ClH/c24-19(21-17-5-2-1-3-6-17)7-4-12-22-13-15-23(16-14-22)18-8-10-20-11-9-18;2-1(3)4;;/h8-11,17H,1-7,12-16H2,(H,21,24);(H2,2,3,4);2*1H. The molecule has 2 fully saturated rings. The second-order valence-corrected chi connectivity index (χ2v) is 7.32. The first kappa shape index (κ1) is 28.2. The molecule has 0 atom stereocenters. The molecule has 8 nitrogen and oxygen atoms in total. The van der Waals surface area contributed by atoms with Crippen LogP contribution in [0.3, 0.4) is 0 Å². The number of halogens is 2. The van der Waals surface area contributed by atoms with E-state index in [0.29, 0.717) is 12.5 Å². The van der Waals surface area contributed by atoms with Crippen LogP contribution in [-0.4, -0.2) is 70.9 Å². The van der Waals surface area contributed by atoms with Crippen LogP contribution in [-0.2, 0) is 4.79 Å². The van der Waals surface area contributed by atoms with Crippen LogP contribution in [0.15, 0.2) is 24.5 Å². The fourth-order valence-corrected chi connectivity index (χ4v) is 3.79. The lowest BCUT2D eigenvalue weighted by Crippen LogP contribution is -2.46. The number of carbonyl (C=O) groups is 2. The molecule has 0 aromatic carbocycles. The van der Waals surface area contributed by atoms with E-state index in [-0.39, 0.29) is 30.7 Å². The fourth-order valence-electron chi connectivity index (χ4n) is 3.79. The second-order valence-electron chi connectivity index (χ2n) is 7.32. The molecule has 2 heterocycles. The average molecular weight is 465 g/mol. The van der Waals surface area contributed by atoms with Gasteiger partial charge < -0.3 is 20.4 Å². The molecule has 1 saturated heterocycles. The maximum atomic E-state index is 12.0. The number of anilines is 1. The number of carboxylic acid groups (broad SMARTS) is 2. The van der Waals surface area contributed by atoms with Gasteiger partial charge in [-0.2, -0.15) is 0 Å². The second kappa shape index (κ2) is 16.0. The minimum atomic E-state index is -1.83. The van der Waals surface area contributed by atoms with Crippen LogP contribution in [0.4, 0.5) is 10.5 Å². The van der Waals surface area contributed by atoms with Gasteiger partial charge in [-0.1, -0.05) is 19.3 Å². The number of nitrogens with zero attached hydrogens (tertiary/aromatic N) is 3. The number of hydrogen-bond acceptors (Lipinski definition) is 5. The Balaban J connectivity index is 0.00000129. The van der Waals surface area contributed by atoms with Gasteiger partial charge in [0.2, 0.25) is 5.91 Å². The minimum absolute atomic E-state index is 0. The Kier molecular flexibility index (Phi) is 15.0. The van der Waals surface area contributed by atoms with Gasteiger partial charge in [0.15, 0.2) is 0 Å². The number of piperazine rings is 1. The molecule has 0 spiro atoms. The Morgan fingerprint density at radius 2 is 1.57 bits per heavy atom. The summed E-state index contributed by atoms with van der Waals surface area (Å²) >= 11 is 0. The van der Waals surface area contributed by atoms with Crippen molar-refractivity contribution in [1.29, 1.82) is 0 Å². The van der Waals surface area contributed by atoms with Gasteiger partial charge >= 0.3 is 6.16 Å². The molecule has 2 aliphatic rings. The fraction of sp³-hybridized carbons (Fsp3) is 0.650. The molecule has 0 radical (unpaired) electrons. The quantitative estimate of drug-likeness (QED) is 0.591. The van der Waals surface area contributed by atoms with Gasteiger partial charge in [0, 0.05) is 56.7 Å². The van der Waals surface area contributed by atoms with Gasteiger partial charge in [-0.25, -0.2) is 4.79 Å². The Morgan fingerprint density at radius 3 is 2.13 bits per heavy atom.